The van der Waals surface area contributed by atoms with Crippen molar-refractivity contribution in [1.82, 2.24) is 4.98 Å². The number of carbonyl (C=O) groups excluding carboxylic acids is 1. The van der Waals surface area contributed by atoms with E-state index < -0.39 is 0 Å². The van der Waals surface area contributed by atoms with E-state index in [4.69, 9.17) is 4.74 Å². The van der Waals surface area contributed by atoms with Gasteiger partial charge < -0.3 is 4.74 Å². The van der Waals surface area contributed by atoms with Gasteiger partial charge in [-0.25, -0.2) is 0 Å². The fourth-order valence-electron chi connectivity index (χ4n) is 4.94. The third-order valence-corrected chi connectivity index (χ3v) is 7.16. The Kier molecular flexibility index (Phi) is 10.9. The number of nitrogens with zero attached hydrogens (tertiary/aromatic N) is 1. The molecule has 0 atom stereocenters. The Morgan fingerprint density at radius 3 is 2.21 bits per heavy atom. The van der Waals surface area contributed by atoms with E-state index in [0.29, 0.717) is 5.75 Å². The molecule has 180 valence electrons. The molecule has 1 heterocycles. The number of ether oxygens (including phenoxy) is 1. The zero-order valence-electron chi connectivity index (χ0n) is 20.9. The van der Waals surface area contributed by atoms with Crippen LogP contribution in [-0.2, 0) is 11.2 Å². The van der Waals surface area contributed by atoms with Gasteiger partial charge in [-0.15, -0.1) is 0 Å². The van der Waals surface area contributed by atoms with Crippen LogP contribution in [-0.4, -0.2) is 11.0 Å². The van der Waals surface area contributed by atoms with Crippen LogP contribution < -0.4 is 4.74 Å². The number of aryl methyl sites for hydroxylation is 1. The third-order valence-electron chi connectivity index (χ3n) is 7.16. The lowest BCUT2D eigenvalue weighted by Crippen LogP contribution is -2.25. The smallest absolute Gasteiger partial charge is 0.314 e. The highest BCUT2D eigenvalue weighted by Gasteiger charge is 2.27. The second kappa shape index (κ2) is 14.2. The van der Waals surface area contributed by atoms with E-state index in [-0.39, 0.29) is 11.9 Å². The van der Waals surface area contributed by atoms with Crippen molar-refractivity contribution in [2.24, 2.45) is 11.8 Å². The molecule has 3 nitrogen and oxygen atoms in total. The van der Waals surface area contributed by atoms with Gasteiger partial charge in [0.15, 0.2) is 0 Å². The van der Waals surface area contributed by atoms with E-state index in [1.807, 2.05) is 30.5 Å². The highest BCUT2D eigenvalue weighted by molar-refractivity contribution is 5.75. The Labute approximate surface area is 201 Å². The first kappa shape index (κ1) is 25.5. The summed E-state index contributed by atoms with van der Waals surface area (Å²) in [6.45, 7) is 4.49. The van der Waals surface area contributed by atoms with Crippen molar-refractivity contribution in [3.63, 3.8) is 0 Å². The molecule has 3 rings (SSSR count). The minimum atomic E-state index is -0.0568. The van der Waals surface area contributed by atoms with E-state index in [0.717, 1.165) is 36.4 Å². The number of hydrogen-bond donors (Lipinski definition) is 0. The highest BCUT2D eigenvalue weighted by Crippen LogP contribution is 2.33. The van der Waals surface area contributed by atoms with Crippen LogP contribution in [0.4, 0.5) is 0 Å². The summed E-state index contributed by atoms with van der Waals surface area (Å²) in [4.78, 5) is 17.3. The van der Waals surface area contributed by atoms with E-state index in [1.54, 1.807) is 0 Å². The van der Waals surface area contributed by atoms with Crippen molar-refractivity contribution in [2.75, 3.05) is 0 Å². The van der Waals surface area contributed by atoms with Gasteiger partial charge in [-0.2, -0.15) is 0 Å². The standard InChI is InChI=1S/C30H43NO2/c1-3-5-7-8-10-11-24-13-16-27(17-14-24)30(32)33-28-20-18-26(19-21-28)29-22-15-25(23-31-29)12-9-6-4-2/h15,18-24,27H,3-14,16-17H2,1-2H3. The van der Waals surface area contributed by atoms with Gasteiger partial charge in [0.1, 0.15) is 5.75 Å². The van der Waals surface area contributed by atoms with Crippen LogP contribution in [0.3, 0.4) is 0 Å². The van der Waals surface area contributed by atoms with Crippen molar-refractivity contribution in [3.8, 4) is 17.0 Å². The zero-order chi connectivity index (χ0) is 23.3. The number of benzene rings is 1. The number of carbonyl (C=O) groups is 1. The lowest BCUT2D eigenvalue weighted by Gasteiger charge is -2.27. The van der Waals surface area contributed by atoms with Crippen LogP contribution in [0.2, 0.25) is 0 Å². The minimum Gasteiger partial charge on any atom is -0.426 e. The number of unbranched alkanes of at least 4 members (excludes halogenated alkanes) is 6. The molecule has 0 spiro atoms. The zero-order valence-corrected chi connectivity index (χ0v) is 20.9. The quantitative estimate of drug-likeness (QED) is 0.175. The van der Waals surface area contributed by atoms with Gasteiger partial charge in [0.25, 0.3) is 0 Å². The number of hydrogen-bond acceptors (Lipinski definition) is 3. The molecule has 0 bridgehead atoms. The lowest BCUT2D eigenvalue weighted by atomic mass is 9.80. The average Bonchev–Trinajstić information content (AvgIpc) is 2.85. The van der Waals surface area contributed by atoms with E-state index in [2.05, 4.69) is 31.0 Å². The summed E-state index contributed by atoms with van der Waals surface area (Å²) in [5.74, 6) is 1.44. The molecule has 1 fully saturated rings. The number of rotatable bonds is 13. The molecule has 1 aromatic heterocycles. The maximum atomic E-state index is 12.7. The van der Waals surface area contributed by atoms with Gasteiger partial charge >= 0.3 is 5.97 Å². The van der Waals surface area contributed by atoms with Crippen molar-refractivity contribution in [2.45, 2.75) is 104 Å². The molecule has 1 saturated carbocycles. The second-order valence-corrected chi connectivity index (χ2v) is 9.87. The molecule has 0 aliphatic heterocycles. The van der Waals surface area contributed by atoms with Crippen LogP contribution in [0.5, 0.6) is 5.75 Å². The van der Waals surface area contributed by atoms with Gasteiger partial charge in [0.2, 0.25) is 0 Å². The summed E-state index contributed by atoms with van der Waals surface area (Å²) < 4.78 is 5.72. The predicted octanol–water partition coefficient (Wildman–Crippen LogP) is 8.55. The highest BCUT2D eigenvalue weighted by atomic mass is 16.5. The van der Waals surface area contributed by atoms with E-state index >= 15 is 0 Å². The lowest BCUT2D eigenvalue weighted by molar-refractivity contribution is -0.140. The Hall–Kier alpha value is -2.16. The normalized spacial score (nSPS) is 18.2. The molecule has 0 unspecified atom stereocenters. The molecule has 0 saturated heterocycles. The maximum absolute atomic E-state index is 12.7. The second-order valence-electron chi connectivity index (χ2n) is 9.87. The first-order chi connectivity index (χ1) is 16.2. The Bertz CT molecular complexity index is 804. The molecule has 0 N–H and O–H groups in total. The summed E-state index contributed by atoms with van der Waals surface area (Å²) in [6, 6.07) is 12.0. The SMILES string of the molecule is CCCCCCCC1CCC(C(=O)Oc2ccc(-c3ccc(CCCCC)cn3)cc2)CC1. The van der Waals surface area contributed by atoms with E-state index in [9.17, 15) is 4.79 Å². The maximum Gasteiger partial charge on any atom is 0.314 e. The monoisotopic (exact) mass is 449 g/mol. The topological polar surface area (TPSA) is 39.2 Å². The fourth-order valence-corrected chi connectivity index (χ4v) is 4.94. The van der Waals surface area contributed by atoms with Crippen molar-refractivity contribution in [1.29, 1.82) is 0 Å². The van der Waals surface area contributed by atoms with Crippen molar-refractivity contribution < 1.29 is 9.53 Å². The van der Waals surface area contributed by atoms with Gasteiger partial charge in [-0.05, 0) is 80.3 Å². The molecular weight excluding hydrogens is 406 g/mol. The summed E-state index contributed by atoms with van der Waals surface area (Å²) in [7, 11) is 0. The molecular formula is C30H43NO2. The molecule has 2 aromatic rings. The molecule has 3 heteroatoms. The van der Waals surface area contributed by atoms with Gasteiger partial charge in [0, 0.05) is 11.8 Å². The van der Waals surface area contributed by atoms with Crippen molar-refractivity contribution in [3.05, 3.63) is 48.2 Å². The van der Waals surface area contributed by atoms with E-state index in [1.165, 1.54) is 76.2 Å². The molecule has 0 radical (unpaired) electrons. The summed E-state index contributed by atoms with van der Waals surface area (Å²) >= 11 is 0. The Morgan fingerprint density at radius 2 is 1.55 bits per heavy atom. The molecule has 0 amide bonds. The third kappa shape index (κ3) is 8.61. The first-order valence-electron chi connectivity index (χ1n) is 13.5. The van der Waals surface area contributed by atoms with Gasteiger partial charge in [-0.3, -0.25) is 9.78 Å². The number of aromatic nitrogens is 1. The van der Waals surface area contributed by atoms with Crippen molar-refractivity contribution >= 4 is 5.97 Å². The van der Waals surface area contributed by atoms with Crippen LogP contribution in [0.1, 0.15) is 103 Å². The molecule has 33 heavy (non-hydrogen) atoms. The average molecular weight is 450 g/mol. The molecule has 1 aromatic carbocycles. The molecule has 1 aliphatic carbocycles. The minimum absolute atomic E-state index is 0.0568. The van der Waals surface area contributed by atoms with Crippen LogP contribution in [0.15, 0.2) is 42.6 Å². The van der Waals surface area contributed by atoms with Crippen LogP contribution in [0.25, 0.3) is 11.3 Å². The number of esters is 1. The molecule has 1 aliphatic rings. The predicted molar refractivity (Wildman–Crippen MR) is 137 cm³/mol. The largest absolute Gasteiger partial charge is 0.426 e. The fraction of sp³-hybridized carbons (Fsp3) is 0.600. The summed E-state index contributed by atoms with van der Waals surface area (Å²) in [5.41, 5.74) is 3.30. The number of pyridine rings is 1. The van der Waals surface area contributed by atoms with Crippen LogP contribution >= 0.6 is 0 Å². The first-order valence-corrected chi connectivity index (χ1v) is 13.5. The van der Waals surface area contributed by atoms with Gasteiger partial charge in [0.05, 0.1) is 11.6 Å². The van der Waals surface area contributed by atoms with Crippen LogP contribution in [0, 0.1) is 11.8 Å². The van der Waals surface area contributed by atoms with Gasteiger partial charge in [-0.1, -0.05) is 71.3 Å². The summed E-state index contributed by atoms with van der Waals surface area (Å²) in [5, 5.41) is 0. The summed E-state index contributed by atoms with van der Waals surface area (Å²) in [6.07, 6.45) is 19.2. The Balaban J connectivity index is 1.41. The Morgan fingerprint density at radius 1 is 0.848 bits per heavy atom.